The molecule has 2 rings (SSSR count). The molecule has 0 radical (unpaired) electrons. The van der Waals surface area contributed by atoms with E-state index in [1.807, 2.05) is 6.92 Å². The highest BCUT2D eigenvalue weighted by atomic mass is 16.5. The maximum absolute atomic E-state index is 7.39. The number of hydrogen-bond acceptors (Lipinski definition) is 4. The Morgan fingerprint density at radius 3 is 2.78 bits per heavy atom. The zero-order valence-corrected chi connectivity index (χ0v) is 10.8. The van der Waals surface area contributed by atoms with Crippen molar-refractivity contribution >= 4 is 5.84 Å². The third kappa shape index (κ3) is 3.42. The van der Waals surface area contributed by atoms with E-state index in [1.165, 1.54) is 32.1 Å². The van der Waals surface area contributed by atoms with E-state index in [2.05, 4.69) is 9.97 Å². The van der Waals surface area contributed by atoms with Gasteiger partial charge in [-0.1, -0.05) is 19.3 Å². The Morgan fingerprint density at radius 2 is 2.11 bits per heavy atom. The molecule has 98 valence electrons. The Kier molecular flexibility index (Phi) is 4.12. The molecule has 5 heteroatoms. The molecule has 0 saturated heterocycles. The van der Waals surface area contributed by atoms with E-state index in [9.17, 15) is 0 Å². The highest BCUT2D eigenvalue weighted by molar-refractivity contribution is 5.93. The van der Waals surface area contributed by atoms with Crippen LogP contribution in [0.3, 0.4) is 0 Å². The number of aromatic nitrogens is 2. The Hall–Kier alpha value is -1.65. The fourth-order valence-electron chi connectivity index (χ4n) is 2.29. The number of nitrogens with one attached hydrogen (secondary N) is 1. The van der Waals surface area contributed by atoms with Gasteiger partial charge in [-0.25, -0.2) is 4.98 Å². The highest BCUT2D eigenvalue weighted by Crippen LogP contribution is 2.24. The predicted molar refractivity (Wildman–Crippen MR) is 69.9 cm³/mol. The molecule has 1 fully saturated rings. The molecular weight excluding hydrogens is 228 g/mol. The zero-order valence-electron chi connectivity index (χ0n) is 10.8. The summed E-state index contributed by atoms with van der Waals surface area (Å²) in [7, 11) is 0. The number of nitrogens with two attached hydrogens (primary N) is 1. The van der Waals surface area contributed by atoms with Crippen molar-refractivity contribution in [2.45, 2.75) is 39.0 Å². The fraction of sp³-hybridized carbons (Fsp3) is 0.615. The lowest BCUT2D eigenvalue weighted by Gasteiger charge is -2.21. The van der Waals surface area contributed by atoms with Crippen molar-refractivity contribution in [1.29, 1.82) is 5.41 Å². The van der Waals surface area contributed by atoms with Gasteiger partial charge >= 0.3 is 6.01 Å². The summed E-state index contributed by atoms with van der Waals surface area (Å²) in [6.07, 6.45) is 6.38. The van der Waals surface area contributed by atoms with Gasteiger partial charge in [0.1, 0.15) is 11.5 Å². The third-order valence-corrected chi connectivity index (χ3v) is 3.28. The van der Waals surface area contributed by atoms with Crippen LogP contribution in [0.4, 0.5) is 0 Å². The molecule has 1 aliphatic rings. The van der Waals surface area contributed by atoms with Crippen molar-refractivity contribution in [3.8, 4) is 6.01 Å². The van der Waals surface area contributed by atoms with Crippen LogP contribution in [0.25, 0.3) is 0 Å². The number of amidine groups is 1. The summed E-state index contributed by atoms with van der Waals surface area (Å²) in [6.45, 7) is 2.52. The summed E-state index contributed by atoms with van der Waals surface area (Å²) in [4.78, 5) is 8.35. The monoisotopic (exact) mass is 248 g/mol. The van der Waals surface area contributed by atoms with Gasteiger partial charge in [-0.15, -0.1) is 0 Å². The number of hydrogen-bond donors (Lipinski definition) is 2. The van der Waals surface area contributed by atoms with Crippen LogP contribution < -0.4 is 10.5 Å². The molecule has 18 heavy (non-hydrogen) atoms. The van der Waals surface area contributed by atoms with Gasteiger partial charge in [0.05, 0.1) is 6.61 Å². The largest absolute Gasteiger partial charge is 0.463 e. The van der Waals surface area contributed by atoms with Gasteiger partial charge in [0.2, 0.25) is 0 Å². The van der Waals surface area contributed by atoms with Gasteiger partial charge in [-0.2, -0.15) is 4.98 Å². The highest BCUT2D eigenvalue weighted by Gasteiger charge is 2.15. The number of aryl methyl sites for hydroxylation is 1. The standard InChI is InChI=1S/C13H20N4O/c1-9-7-11(12(14)15)17-13(16-9)18-8-10-5-3-2-4-6-10/h7,10H,2-6,8H2,1H3,(H3,14,15). The molecule has 0 bridgehead atoms. The first-order valence-electron chi connectivity index (χ1n) is 6.48. The van der Waals surface area contributed by atoms with E-state index in [0.717, 1.165) is 5.69 Å². The zero-order chi connectivity index (χ0) is 13.0. The van der Waals surface area contributed by atoms with Crippen LogP contribution in [0.1, 0.15) is 43.5 Å². The average Bonchev–Trinajstić information content (AvgIpc) is 2.37. The molecule has 0 amide bonds. The maximum Gasteiger partial charge on any atom is 0.317 e. The van der Waals surface area contributed by atoms with E-state index in [0.29, 0.717) is 24.2 Å². The first kappa shape index (κ1) is 12.8. The molecule has 0 unspecified atom stereocenters. The Balaban J connectivity index is 1.97. The van der Waals surface area contributed by atoms with E-state index < -0.39 is 0 Å². The van der Waals surface area contributed by atoms with Crippen molar-refractivity contribution in [2.75, 3.05) is 6.61 Å². The molecule has 3 N–H and O–H groups in total. The van der Waals surface area contributed by atoms with Crippen LogP contribution in [0.5, 0.6) is 6.01 Å². The lowest BCUT2D eigenvalue weighted by Crippen LogP contribution is -2.18. The summed E-state index contributed by atoms with van der Waals surface area (Å²) >= 11 is 0. The van der Waals surface area contributed by atoms with Gasteiger partial charge in [-0.05, 0) is 31.7 Å². The molecule has 0 aromatic carbocycles. The number of nitrogen functional groups attached to an aromatic ring is 1. The van der Waals surface area contributed by atoms with Gasteiger partial charge < -0.3 is 10.5 Å². The summed E-state index contributed by atoms with van der Waals surface area (Å²) in [5, 5.41) is 7.39. The second kappa shape index (κ2) is 5.80. The topological polar surface area (TPSA) is 84.9 Å². The molecule has 0 atom stereocenters. The van der Waals surface area contributed by atoms with Crippen LogP contribution in [-0.4, -0.2) is 22.4 Å². The Morgan fingerprint density at radius 1 is 1.39 bits per heavy atom. The van der Waals surface area contributed by atoms with E-state index in [1.54, 1.807) is 6.07 Å². The molecular formula is C13H20N4O. The first-order valence-corrected chi connectivity index (χ1v) is 6.48. The second-order valence-electron chi connectivity index (χ2n) is 4.91. The smallest absolute Gasteiger partial charge is 0.317 e. The molecule has 5 nitrogen and oxygen atoms in total. The fourth-order valence-corrected chi connectivity index (χ4v) is 2.29. The first-order chi connectivity index (χ1) is 8.65. The quantitative estimate of drug-likeness (QED) is 0.630. The molecule has 1 aliphatic carbocycles. The minimum absolute atomic E-state index is 0.0528. The maximum atomic E-state index is 7.39. The molecule has 0 spiro atoms. The van der Waals surface area contributed by atoms with Crippen LogP contribution in [0.15, 0.2) is 6.07 Å². The third-order valence-electron chi connectivity index (χ3n) is 3.28. The van der Waals surface area contributed by atoms with Gasteiger partial charge in [0, 0.05) is 5.69 Å². The summed E-state index contributed by atoms with van der Waals surface area (Å²) < 4.78 is 5.64. The van der Waals surface area contributed by atoms with Crippen molar-refractivity contribution < 1.29 is 4.74 Å². The summed E-state index contributed by atoms with van der Waals surface area (Å²) in [5.74, 6) is 0.562. The van der Waals surface area contributed by atoms with Gasteiger partial charge in [0.25, 0.3) is 0 Å². The SMILES string of the molecule is Cc1cc(C(=N)N)nc(OCC2CCCCC2)n1. The van der Waals surface area contributed by atoms with E-state index in [4.69, 9.17) is 15.9 Å². The minimum Gasteiger partial charge on any atom is -0.463 e. The van der Waals surface area contributed by atoms with Crippen molar-refractivity contribution in [3.05, 3.63) is 17.5 Å². The molecule has 1 aromatic heterocycles. The second-order valence-corrected chi connectivity index (χ2v) is 4.91. The normalized spacial score (nSPS) is 16.5. The Labute approximate surface area is 107 Å². The molecule has 1 aromatic rings. The van der Waals surface area contributed by atoms with Crippen LogP contribution >= 0.6 is 0 Å². The van der Waals surface area contributed by atoms with Gasteiger partial charge in [0.15, 0.2) is 0 Å². The predicted octanol–water partition coefficient (Wildman–Crippen LogP) is 2.03. The number of nitrogens with zero attached hydrogens (tertiary/aromatic N) is 2. The lowest BCUT2D eigenvalue weighted by molar-refractivity contribution is 0.196. The van der Waals surface area contributed by atoms with Gasteiger partial charge in [-0.3, -0.25) is 5.41 Å². The number of rotatable bonds is 4. The van der Waals surface area contributed by atoms with Crippen LogP contribution in [0.2, 0.25) is 0 Å². The molecule has 0 aliphatic heterocycles. The molecule has 1 heterocycles. The lowest BCUT2D eigenvalue weighted by atomic mass is 9.90. The summed E-state index contributed by atoms with van der Waals surface area (Å²) in [6, 6.07) is 2.03. The average molecular weight is 248 g/mol. The van der Waals surface area contributed by atoms with Crippen molar-refractivity contribution in [3.63, 3.8) is 0 Å². The number of ether oxygens (including phenoxy) is 1. The van der Waals surface area contributed by atoms with E-state index >= 15 is 0 Å². The van der Waals surface area contributed by atoms with Crippen molar-refractivity contribution in [2.24, 2.45) is 11.7 Å². The van der Waals surface area contributed by atoms with E-state index in [-0.39, 0.29) is 5.84 Å². The van der Waals surface area contributed by atoms with Crippen LogP contribution in [0, 0.1) is 18.3 Å². The summed E-state index contributed by atoms with van der Waals surface area (Å²) in [5.41, 5.74) is 6.63. The minimum atomic E-state index is -0.0528. The van der Waals surface area contributed by atoms with Crippen molar-refractivity contribution in [1.82, 2.24) is 9.97 Å². The van der Waals surface area contributed by atoms with Crippen LogP contribution in [-0.2, 0) is 0 Å². The molecule has 1 saturated carbocycles. The Bertz CT molecular complexity index is 427.